The van der Waals surface area contributed by atoms with E-state index in [1.165, 1.54) is 80.0 Å². The Hall–Kier alpha value is -4.45. The van der Waals surface area contributed by atoms with Crippen LogP contribution in [-0.2, 0) is 0 Å². The molecule has 0 aliphatic carbocycles. The van der Waals surface area contributed by atoms with Gasteiger partial charge in [0.1, 0.15) is 10.7 Å². The van der Waals surface area contributed by atoms with Gasteiger partial charge in [-0.15, -0.1) is 11.3 Å². The number of thiazole rings is 1. The molecule has 10 nitrogen and oxygen atoms in total. The van der Waals surface area contributed by atoms with Gasteiger partial charge in [0.05, 0.1) is 45.0 Å². The summed E-state index contributed by atoms with van der Waals surface area (Å²) >= 11 is 1.29. The summed E-state index contributed by atoms with van der Waals surface area (Å²) in [5.41, 5.74) is 1.81. The second kappa shape index (κ2) is 10.2. The number of hydrogen-bond donors (Lipinski definition) is 0. The standard InChI is InChI=1S/C23H19FN4O6S/c1-31-19-10-14(11-20(32-2)22(19)33-3)18-13-35-23(26-16-6-4-15(24)5-7-16)27(18)25-12-17-8-9-21(34-17)28(29)30/h4-13H,1-3H3. The monoisotopic (exact) mass is 498 g/mol. The molecule has 0 aliphatic rings. The number of hydrogen-bond acceptors (Lipinski definition) is 9. The summed E-state index contributed by atoms with van der Waals surface area (Å²) in [6.07, 6.45) is 1.34. The van der Waals surface area contributed by atoms with E-state index in [9.17, 15) is 14.5 Å². The molecule has 0 spiro atoms. The Labute approximate surface area is 202 Å². The first-order chi connectivity index (χ1) is 16.9. The van der Waals surface area contributed by atoms with E-state index < -0.39 is 10.8 Å². The van der Waals surface area contributed by atoms with Crippen molar-refractivity contribution < 1.29 is 27.9 Å². The highest BCUT2D eigenvalue weighted by Gasteiger charge is 2.17. The molecule has 12 heteroatoms. The maximum atomic E-state index is 13.3. The predicted octanol–water partition coefficient (Wildman–Crippen LogP) is 5.00. The third-order valence-electron chi connectivity index (χ3n) is 4.79. The molecule has 0 saturated carbocycles. The van der Waals surface area contributed by atoms with Crippen LogP contribution in [0, 0.1) is 15.9 Å². The zero-order valence-electron chi connectivity index (χ0n) is 18.8. The fourth-order valence-corrected chi connectivity index (χ4v) is 4.02. The van der Waals surface area contributed by atoms with Crippen LogP contribution in [0.5, 0.6) is 17.2 Å². The molecule has 0 atom stereocenters. The van der Waals surface area contributed by atoms with Crippen molar-refractivity contribution in [3.63, 3.8) is 0 Å². The zero-order chi connectivity index (χ0) is 24.9. The molecule has 0 bridgehead atoms. The van der Waals surface area contributed by atoms with Crippen molar-refractivity contribution >= 4 is 29.1 Å². The van der Waals surface area contributed by atoms with Gasteiger partial charge in [0.15, 0.2) is 17.3 Å². The first-order valence-corrected chi connectivity index (χ1v) is 10.9. The van der Waals surface area contributed by atoms with Gasteiger partial charge in [-0.1, -0.05) is 0 Å². The summed E-state index contributed by atoms with van der Waals surface area (Å²) in [6, 6.07) is 11.9. The molecule has 0 fully saturated rings. The summed E-state index contributed by atoms with van der Waals surface area (Å²) in [6.45, 7) is 0. The van der Waals surface area contributed by atoms with Gasteiger partial charge in [0.2, 0.25) is 10.6 Å². The lowest BCUT2D eigenvalue weighted by atomic mass is 10.1. The predicted molar refractivity (Wildman–Crippen MR) is 127 cm³/mol. The van der Waals surface area contributed by atoms with Gasteiger partial charge in [-0.25, -0.2) is 14.1 Å². The maximum Gasteiger partial charge on any atom is 0.433 e. The van der Waals surface area contributed by atoms with Gasteiger partial charge >= 0.3 is 5.88 Å². The van der Waals surface area contributed by atoms with Gasteiger partial charge < -0.3 is 18.6 Å². The number of furan rings is 1. The average molecular weight is 498 g/mol. The largest absolute Gasteiger partial charge is 0.493 e. The number of nitrogens with zero attached hydrogens (tertiary/aromatic N) is 4. The van der Waals surface area contributed by atoms with Crippen molar-refractivity contribution in [2.75, 3.05) is 21.3 Å². The van der Waals surface area contributed by atoms with E-state index in [1.807, 2.05) is 5.38 Å². The Morgan fingerprint density at radius 2 is 1.74 bits per heavy atom. The van der Waals surface area contributed by atoms with Crippen LogP contribution in [0.1, 0.15) is 5.76 Å². The van der Waals surface area contributed by atoms with Crippen molar-refractivity contribution in [1.82, 2.24) is 4.68 Å². The molecule has 4 rings (SSSR count). The van der Waals surface area contributed by atoms with Gasteiger partial charge in [-0.3, -0.25) is 10.1 Å². The van der Waals surface area contributed by atoms with E-state index >= 15 is 0 Å². The Balaban J connectivity index is 1.88. The van der Waals surface area contributed by atoms with Crippen molar-refractivity contribution in [3.05, 3.63) is 80.4 Å². The molecule has 0 saturated heterocycles. The molecule has 0 radical (unpaired) electrons. The van der Waals surface area contributed by atoms with Gasteiger partial charge in [0.25, 0.3) is 0 Å². The minimum atomic E-state index is -0.633. The highest BCUT2D eigenvalue weighted by atomic mass is 32.1. The lowest BCUT2D eigenvalue weighted by molar-refractivity contribution is -0.402. The number of methoxy groups -OCH3 is 3. The summed E-state index contributed by atoms with van der Waals surface area (Å²) < 4.78 is 36.4. The summed E-state index contributed by atoms with van der Waals surface area (Å²) in [4.78, 5) is 15.3. The van der Waals surface area contributed by atoms with E-state index in [-0.39, 0.29) is 11.6 Å². The van der Waals surface area contributed by atoms with E-state index in [4.69, 9.17) is 18.6 Å². The van der Waals surface area contributed by atoms with Crippen molar-refractivity contribution in [3.8, 4) is 28.5 Å². The van der Waals surface area contributed by atoms with Crippen LogP contribution < -0.4 is 19.0 Å². The van der Waals surface area contributed by atoms with E-state index in [0.29, 0.717) is 39.0 Å². The van der Waals surface area contributed by atoms with Crippen LogP contribution in [0.25, 0.3) is 11.3 Å². The SMILES string of the molecule is COc1cc(-c2csc(=Nc3ccc(F)cc3)n2N=Cc2ccc([N+](=O)[O-])o2)cc(OC)c1OC. The quantitative estimate of drug-likeness (QED) is 0.192. The first kappa shape index (κ1) is 23.7. The van der Waals surface area contributed by atoms with Crippen LogP contribution in [0.15, 0.2) is 68.4 Å². The molecular formula is C23H19FN4O6S. The number of nitro groups is 1. The van der Waals surface area contributed by atoms with Crippen molar-refractivity contribution in [1.29, 1.82) is 0 Å². The number of rotatable bonds is 8. The van der Waals surface area contributed by atoms with E-state index in [0.717, 1.165) is 0 Å². The van der Waals surface area contributed by atoms with Gasteiger partial charge in [-0.05, 0) is 42.5 Å². The summed E-state index contributed by atoms with van der Waals surface area (Å²) in [7, 11) is 4.54. The highest BCUT2D eigenvalue weighted by molar-refractivity contribution is 7.07. The smallest absolute Gasteiger partial charge is 0.433 e. The second-order valence-corrected chi connectivity index (χ2v) is 7.73. The van der Waals surface area contributed by atoms with Crippen LogP contribution in [0.4, 0.5) is 16.0 Å². The Bertz CT molecular complexity index is 1430. The molecule has 2 aromatic heterocycles. The normalized spacial score (nSPS) is 11.7. The lowest BCUT2D eigenvalue weighted by Gasteiger charge is -2.14. The number of ether oxygens (including phenoxy) is 3. The number of halogens is 1. The van der Waals surface area contributed by atoms with Crippen molar-refractivity contribution in [2.45, 2.75) is 0 Å². The van der Waals surface area contributed by atoms with Gasteiger partial charge in [0, 0.05) is 10.9 Å². The van der Waals surface area contributed by atoms with E-state index in [1.54, 1.807) is 12.1 Å². The van der Waals surface area contributed by atoms with Crippen LogP contribution in [-0.4, -0.2) is 37.1 Å². The van der Waals surface area contributed by atoms with Gasteiger partial charge in [-0.2, -0.15) is 5.10 Å². The molecule has 2 heterocycles. The minimum absolute atomic E-state index is 0.180. The third kappa shape index (κ3) is 5.06. The molecule has 0 amide bonds. The Morgan fingerprint density at radius 1 is 1.06 bits per heavy atom. The molecule has 4 aromatic rings. The highest BCUT2D eigenvalue weighted by Crippen LogP contribution is 2.41. The lowest BCUT2D eigenvalue weighted by Crippen LogP contribution is -2.11. The molecule has 0 aliphatic heterocycles. The fourth-order valence-electron chi connectivity index (χ4n) is 3.17. The van der Waals surface area contributed by atoms with Crippen molar-refractivity contribution in [2.24, 2.45) is 10.1 Å². The fraction of sp³-hybridized carbons (Fsp3) is 0.130. The molecule has 0 N–H and O–H groups in total. The minimum Gasteiger partial charge on any atom is -0.493 e. The second-order valence-electron chi connectivity index (χ2n) is 6.90. The summed E-state index contributed by atoms with van der Waals surface area (Å²) in [5, 5.41) is 17.2. The molecule has 2 aromatic carbocycles. The Morgan fingerprint density at radius 3 is 2.31 bits per heavy atom. The topological polar surface area (TPSA) is 114 Å². The first-order valence-electron chi connectivity index (χ1n) is 10.0. The van der Waals surface area contributed by atoms with Crippen LogP contribution in [0.3, 0.4) is 0 Å². The van der Waals surface area contributed by atoms with Crippen LogP contribution in [0.2, 0.25) is 0 Å². The number of benzene rings is 2. The van der Waals surface area contributed by atoms with Crippen LogP contribution >= 0.6 is 11.3 Å². The third-order valence-corrected chi connectivity index (χ3v) is 5.61. The maximum absolute atomic E-state index is 13.3. The molecular weight excluding hydrogens is 479 g/mol. The molecule has 180 valence electrons. The Kier molecular flexibility index (Phi) is 6.92. The summed E-state index contributed by atoms with van der Waals surface area (Å²) in [5.74, 6) is 0.730. The molecule has 0 unspecified atom stereocenters. The zero-order valence-corrected chi connectivity index (χ0v) is 19.6. The van der Waals surface area contributed by atoms with E-state index in [2.05, 4.69) is 10.1 Å². The molecule has 35 heavy (non-hydrogen) atoms. The number of aromatic nitrogens is 1. The average Bonchev–Trinajstić information content (AvgIpc) is 3.50.